The molecule has 2 saturated heterocycles. The molecule has 2 aliphatic heterocycles. The van der Waals surface area contributed by atoms with E-state index in [1.165, 1.54) is 18.5 Å². The number of nitrogens with one attached hydrogen (secondary N) is 2. The molecule has 1 saturated carbocycles. The molecule has 3 atom stereocenters. The molecule has 10 nitrogen and oxygen atoms in total. The summed E-state index contributed by atoms with van der Waals surface area (Å²) in [6, 6.07) is 5.73. The van der Waals surface area contributed by atoms with E-state index in [9.17, 15) is 22.4 Å². The maximum absolute atomic E-state index is 14.1. The summed E-state index contributed by atoms with van der Waals surface area (Å²) in [5, 5.41) is 3.10. The Kier molecular flexibility index (Phi) is 8.21. The number of nitrogens with zero attached hydrogens (tertiary/aromatic N) is 4. The van der Waals surface area contributed by atoms with Crippen molar-refractivity contribution >= 4 is 21.8 Å². The minimum atomic E-state index is -3.31. The number of rotatable bonds is 9. The molecule has 1 aromatic carbocycles. The van der Waals surface area contributed by atoms with E-state index in [4.69, 9.17) is 0 Å². The number of carbonyl (C=O) groups is 2. The first-order valence-electron chi connectivity index (χ1n) is 13.8. The van der Waals surface area contributed by atoms with Gasteiger partial charge in [-0.2, -0.15) is 0 Å². The van der Waals surface area contributed by atoms with Gasteiger partial charge in [0.1, 0.15) is 12.1 Å². The number of likely N-dealkylation sites (tertiary alicyclic amines) is 2. The monoisotopic (exact) mass is 572 g/mol. The van der Waals surface area contributed by atoms with E-state index in [2.05, 4.69) is 24.9 Å². The van der Waals surface area contributed by atoms with Crippen LogP contribution in [-0.4, -0.2) is 85.0 Å². The number of aromatic nitrogens is 2. The average Bonchev–Trinajstić information content (AvgIpc) is 3.42. The van der Waals surface area contributed by atoms with Gasteiger partial charge in [0.05, 0.1) is 29.2 Å². The lowest BCUT2D eigenvalue weighted by atomic mass is 9.80. The quantitative estimate of drug-likeness (QED) is 0.470. The van der Waals surface area contributed by atoms with Gasteiger partial charge in [-0.3, -0.25) is 9.59 Å². The Morgan fingerprint density at radius 1 is 1.07 bits per heavy atom. The zero-order valence-electron chi connectivity index (χ0n) is 23.1. The molecule has 2 N–H and O–H groups in total. The lowest BCUT2D eigenvalue weighted by Crippen LogP contribution is -2.49. The van der Waals surface area contributed by atoms with Gasteiger partial charge >= 0.3 is 0 Å². The molecule has 216 valence electrons. The van der Waals surface area contributed by atoms with Crippen LogP contribution >= 0.6 is 0 Å². The Labute approximate surface area is 234 Å². The minimum absolute atomic E-state index is 0.00426. The number of carbonyl (C=O) groups excluding carboxylic acids is 2. The average molecular weight is 573 g/mol. The number of sulfonamides is 1. The molecule has 0 bridgehead atoms. The standard InChI is InChI=1S/C28H37FN6O4S/c1-17-26(18(2)31-16-30-17)28(37)35-14-21-12-34(13-22(21)15-35)8-7-25(19-5-4-6-23(29)9-19)32-27(36)20-10-24(11-20)33-40(3,38)39/h4-6,9,16,20-22,24-25,33H,7-8,10-15H2,1-3H3,(H,32,36)/t20?,21-,22?,24?,25?/m0/s1. The molecule has 1 aliphatic carbocycles. The van der Waals surface area contributed by atoms with Crippen molar-refractivity contribution in [3.63, 3.8) is 0 Å². The van der Waals surface area contributed by atoms with Crippen molar-refractivity contribution in [2.75, 3.05) is 39.0 Å². The summed E-state index contributed by atoms with van der Waals surface area (Å²) in [6.07, 6.45) is 4.12. The Hall–Kier alpha value is -2.96. The number of aryl methyl sites for hydroxylation is 2. The smallest absolute Gasteiger partial charge is 0.257 e. The maximum Gasteiger partial charge on any atom is 0.257 e. The normalized spacial score (nSPS) is 25.4. The number of hydrogen-bond acceptors (Lipinski definition) is 7. The van der Waals surface area contributed by atoms with Crippen molar-refractivity contribution < 1.29 is 22.4 Å². The van der Waals surface area contributed by atoms with Gasteiger partial charge in [-0.05, 0) is 62.6 Å². The topological polar surface area (TPSA) is 125 Å². The summed E-state index contributed by atoms with van der Waals surface area (Å²) in [7, 11) is -3.31. The Morgan fingerprint density at radius 3 is 2.33 bits per heavy atom. The largest absolute Gasteiger partial charge is 0.349 e. The third kappa shape index (κ3) is 6.50. The SMILES string of the molecule is Cc1ncnc(C)c1C(=O)N1CC2CN(CCC(NC(=O)C3CC(NS(C)(=O)=O)C3)c3cccc(F)c3)C[C@H]2C1. The molecule has 2 aromatic rings. The molecular formula is C28H37FN6O4S. The van der Waals surface area contributed by atoms with E-state index in [1.807, 2.05) is 24.8 Å². The van der Waals surface area contributed by atoms with Crippen LogP contribution in [0.25, 0.3) is 0 Å². The second-order valence-corrected chi connectivity index (χ2v) is 13.3. The van der Waals surface area contributed by atoms with Crippen LogP contribution in [0.4, 0.5) is 4.39 Å². The van der Waals surface area contributed by atoms with Crippen LogP contribution in [0.15, 0.2) is 30.6 Å². The maximum atomic E-state index is 14.1. The van der Waals surface area contributed by atoms with E-state index in [-0.39, 0.29) is 35.6 Å². The first-order valence-corrected chi connectivity index (χ1v) is 15.7. The fourth-order valence-corrected chi connectivity index (χ4v) is 7.17. The van der Waals surface area contributed by atoms with Crippen LogP contribution in [0.2, 0.25) is 0 Å². The lowest BCUT2D eigenvalue weighted by Gasteiger charge is -2.35. The molecule has 2 unspecified atom stereocenters. The van der Waals surface area contributed by atoms with E-state index < -0.39 is 10.0 Å². The molecule has 3 aliphatic rings. The first-order chi connectivity index (χ1) is 19.0. The Bertz CT molecular complexity index is 1350. The molecule has 0 spiro atoms. The third-order valence-corrected chi connectivity index (χ3v) is 9.24. The van der Waals surface area contributed by atoms with Crippen molar-refractivity contribution in [1.29, 1.82) is 0 Å². The minimum Gasteiger partial charge on any atom is -0.349 e. The summed E-state index contributed by atoms with van der Waals surface area (Å²) in [5.41, 5.74) is 2.71. The van der Waals surface area contributed by atoms with E-state index in [0.29, 0.717) is 66.7 Å². The highest BCUT2D eigenvalue weighted by Gasteiger charge is 2.42. The van der Waals surface area contributed by atoms with Crippen LogP contribution < -0.4 is 10.0 Å². The van der Waals surface area contributed by atoms with Crippen molar-refractivity contribution in [2.45, 2.75) is 45.2 Å². The summed E-state index contributed by atoms with van der Waals surface area (Å²) < 4.78 is 39.5. The second kappa shape index (κ2) is 11.5. The lowest BCUT2D eigenvalue weighted by molar-refractivity contribution is -0.128. The Morgan fingerprint density at radius 2 is 1.73 bits per heavy atom. The zero-order chi connectivity index (χ0) is 28.6. The summed E-state index contributed by atoms with van der Waals surface area (Å²) in [5.74, 6) is -0.00437. The third-order valence-electron chi connectivity index (χ3n) is 8.48. The molecule has 3 fully saturated rings. The molecule has 1 aromatic heterocycles. The number of hydrogen-bond donors (Lipinski definition) is 2. The molecule has 0 radical (unpaired) electrons. The van der Waals surface area contributed by atoms with Crippen LogP contribution in [0.1, 0.15) is 52.6 Å². The predicted molar refractivity (Wildman–Crippen MR) is 147 cm³/mol. The van der Waals surface area contributed by atoms with Crippen molar-refractivity contribution in [1.82, 2.24) is 29.8 Å². The fourth-order valence-electron chi connectivity index (χ4n) is 6.38. The van der Waals surface area contributed by atoms with Gasteiger partial charge in [0.2, 0.25) is 15.9 Å². The van der Waals surface area contributed by atoms with Gasteiger partial charge in [-0.1, -0.05) is 12.1 Å². The second-order valence-electron chi connectivity index (χ2n) is 11.6. The molecule has 40 heavy (non-hydrogen) atoms. The van der Waals surface area contributed by atoms with Crippen LogP contribution in [-0.2, 0) is 14.8 Å². The number of amides is 2. The van der Waals surface area contributed by atoms with Crippen LogP contribution in [0.3, 0.4) is 0 Å². The van der Waals surface area contributed by atoms with Crippen molar-refractivity contribution in [2.24, 2.45) is 17.8 Å². The van der Waals surface area contributed by atoms with Gasteiger partial charge in [0.25, 0.3) is 5.91 Å². The summed E-state index contributed by atoms with van der Waals surface area (Å²) in [6.45, 7) is 7.53. The molecule has 12 heteroatoms. The van der Waals surface area contributed by atoms with Gasteiger partial charge < -0.3 is 15.1 Å². The van der Waals surface area contributed by atoms with Gasteiger partial charge in [-0.25, -0.2) is 27.5 Å². The van der Waals surface area contributed by atoms with Gasteiger partial charge in [-0.15, -0.1) is 0 Å². The highest BCUT2D eigenvalue weighted by atomic mass is 32.2. The van der Waals surface area contributed by atoms with Crippen LogP contribution in [0.5, 0.6) is 0 Å². The van der Waals surface area contributed by atoms with Crippen molar-refractivity contribution in [3.8, 4) is 0 Å². The zero-order valence-corrected chi connectivity index (χ0v) is 24.0. The molecule has 3 heterocycles. The molecule has 5 rings (SSSR count). The number of halogens is 1. The summed E-state index contributed by atoms with van der Waals surface area (Å²) in [4.78, 5) is 38.9. The van der Waals surface area contributed by atoms with Gasteiger partial charge in [0.15, 0.2) is 0 Å². The van der Waals surface area contributed by atoms with Crippen LogP contribution in [0, 0.1) is 37.4 Å². The van der Waals surface area contributed by atoms with E-state index in [0.717, 1.165) is 25.9 Å². The summed E-state index contributed by atoms with van der Waals surface area (Å²) >= 11 is 0. The van der Waals surface area contributed by atoms with Crippen molar-refractivity contribution in [3.05, 3.63) is 58.9 Å². The number of fused-ring (bicyclic) bond motifs is 1. The predicted octanol–water partition coefficient (Wildman–Crippen LogP) is 1.81. The first kappa shape index (κ1) is 28.6. The van der Waals surface area contributed by atoms with Gasteiger partial charge in [0, 0.05) is 44.7 Å². The molecular weight excluding hydrogens is 535 g/mol. The fraction of sp³-hybridized carbons (Fsp3) is 0.571. The van der Waals surface area contributed by atoms with E-state index >= 15 is 0 Å². The highest BCUT2D eigenvalue weighted by molar-refractivity contribution is 7.88. The van der Waals surface area contributed by atoms with E-state index in [1.54, 1.807) is 6.07 Å². The molecule has 2 amide bonds. The highest BCUT2D eigenvalue weighted by Crippen LogP contribution is 2.34. The number of benzene rings is 1. The Balaban J connectivity index is 1.16.